The molecule has 1 fully saturated rings. The summed E-state index contributed by atoms with van der Waals surface area (Å²) in [6.07, 6.45) is 6.16. The Morgan fingerprint density at radius 3 is 2.72 bits per heavy atom. The summed E-state index contributed by atoms with van der Waals surface area (Å²) in [6, 6.07) is 6.17. The maximum absolute atomic E-state index is 13.0. The Bertz CT molecular complexity index is 361. The Kier molecular flexibility index (Phi) is 5.00. The summed E-state index contributed by atoms with van der Waals surface area (Å²) >= 11 is 0. The Balaban J connectivity index is 1.86. The second-order valence-corrected chi connectivity index (χ2v) is 5.11. The normalized spacial score (nSPS) is 18.6. The van der Waals surface area contributed by atoms with Gasteiger partial charge in [-0.3, -0.25) is 0 Å². The minimum atomic E-state index is -0.286. The largest absolute Gasteiger partial charge is 0.493 e. The fraction of sp³-hybridized carbons (Fsp3) is 0.600. The van der Waals surface area contributed by atoms with Crippen LogP contribution in [-0.2, 0) is 0 Å². The third-order valence-corrected chi connectivity index (χ3v) is 3.81. The first kappa shape index (κ1) is 13.3. The lowest BCUT2D eigenvalue weighted by molar-refractivity contribution is 0.0982. The maximum atomic E-state index is 13.0. The zero-order chi connectivity index (χ0) is 12.8. The summed E-state index contributed by atoms with van der Waals surface area (Å²) in [7, 11) is 0. The highest BCUT2D eigenvalue weighted by Crippen LogP contribution is 2.30. The van der Waals surface area contributed by atoms with Crippen LogP contribution in [0, 0.1) is 17.7 Å². The minimum Gasteiger partial charge on any atom is -0.493 e. The summed E-state index contributed by atoms with van der Waals surface area (Å²) < 4.78 is 18.6. The Labute approximate surface area is 108 Å². The molecule has 1 aromatic carbocycles. The fourth-order valence-corrected chi connectivity index (χ4v) is 2.70. The second kappa shape index (κ2) is 6.74. The van der Waals surface area contributed by atoms with Gasteiger partial charge >= 0.3 is 0 Å². The van der Waals surface area contributed by atoms with Gasteiger partial charge in [0.2, 0.25) is 0 Å². The van der Waals surface area contributed by atoms with Crippen LogP contribution in [0.25, 0.3) is 0 Å². The highest BCUT2D eigenvalue weighted by Gasteiger charge is 2.23. The lowest BCUT2D eigenvalue weighted by Crippen LogP contribution is -2.26. The van der Waals surface area contributed by atoms with Gasteiger partial charge in [-0.15, -0.1) is 0 Å². The number of hydrogen-bond donors (Lipinski definition) is 1. The van der Waals surface area contributed by atoms with Crippen molar-refractivity contribution in [2.45, 2.75) is 32.1 Å². The summed E-state index contributed by atoms with van der Waals surface area (Å²) in [5, 5.41) is 9.46. The van der Waals surface area contributed by atoms with Crippen molar-refractivity contribution in [3.8, 4) is 5.75 Å². The Hall–Kier alpha value is -1.09. The fourth-order valence-electron chi connectivity index (χ4n) is 2.70. The molecule has 1 saturated carbocycles. The van der Waals surface area contributed by atoms with Crippen LogP contribution in [0.5, 0.6) is 5.75 Å². The van der Waals surface area contributed by atoms with E-state index >= 15 is 0 Å². The van der Waals surface area contributed by atoms with Gasteiger partial charge in [0.05, 0.1) is 6.61 Å². The molecule has 18 heavy (non-hydrogen) atoms. The molecule has 2 nitrogen and oxygen atoms in total. The molecule has 1 atom stereocenters. The van der Waals surface area contributed by atoms with E-state index < -0.39 is 0 Å². The first-order valence-electron chi connectivity index (χ1n) is 6.79. The van der Waals surface area contributed by atoms with Crippen molar-refractivity contribution in [3.63, 3.8) is 0 Å². The van der Waals surface area contributed by atoms with E-state index in [2.05, 4.69) is 0 Å². The number of ether oxygens (including phenoxy) is 1. The van der Waals surface area contributed by atoms with Crippen molar-refractivity contribution in [1.82, 2.24) is 0 Å². The number of benzene rings is 1. The molecule has 1 unspecified atom stereocenters. The summed E-state index contributed by atoms with van der Waals surface area (Å²) in [5.74, 6) is 0.987. The average Bonchev–Trinajstić information content (AvgIpc) is 2.41. The summed E-state index contributed by atoms with van der Waals surface area (Å²) in [5.41, 5.74) is 0. The molecule has 0 aromatic heterocycles. The zero-order valence-corrected chi connectivity index (χ0v) is 10.6. The number of hydrogen-bond acceptors (Lipinski definition) is 2. The van der Waals surface area contributed by atoms with E-state index in [4.69, 9.17) is 4.74 Å². The maximum Gasteiger partial charge on any atom is 0.126 e. The molecular weight excluding hydrogens is 231 g/mol. The smallest absolute Gasteiger partial charge is 0.126 e. The molecule has 1 aliphatic carbocycles. The van der Waals surface area contributed by atoms with Gasteiger partial charge in [0.1, 0.15) is 11.6 Å². The molecule has 3 heteroatoms. The second-order valence-electron chi connectivity index (χ2n) is 5.11. The average molecular weight is 252 g/mol. The van der Waals surface area contributed by atoms with E-state index in [0.29, 0.717) is 18.3 Å². The molecule has 0 aliphatic heterocycles. The number of halogens is 1. The van der Waals surface area contributed by atoms with E-state index in [1.165, 1.54) is 44.2 Å². The van der Waals surface area contributed by atoms with Gasteiger partial charge < -0.3 is 9.84 Å². The van der Waals surface area contributed by atoms with Crippen LogP contribution in [0.4, 0.5) is 4.39 Å². The van der Waals surface area contributed by atoms with Crippen molar-refractivity contribution >= 4 is 0 Å². The van der Waals surface area contributed by atoms with Crippen LogP contribution in [0.3, 0.4) is 0 Å². The molecule has 0 radical (unpaired) electrons. The lowest BCUT2D eigenvalue weighted by Gasteiger charge is -2.28. The Morgan fingerprint density at radius 1 is 1.28 bits per heavy atom. The van der Waals surface area contributed by atoms with Gasteiger partial charge in [0, 0.05) is 18.6 Å². The highest BCUT2D eigenvalue weighted by atomic mass is 19.1. The van der Waals surface area contributed by atoms with Crippen molar-refractivity contribution in [2.24, 2.45) is 11.8 Å². The first-order chi connectivity index (χ1) is 8.79. The van der Waals surface area contributed by atoms with E-state index in [0.717, 1.165) is 0 Å². The molecule has 1 aromatic rings. The highest BCUT2D eigenvalue weighted by molar-refractivity contribution is 5.22. The van der Waals surface area contributed by atoms with Crippen molar-refractivity contribution in [3.05, 3.63) is 30.1 Å². The first-order valence-corrected chi connectivity index (χ1v) is 6.79. The van der Waals surface area contributed by atoms with Crippen molar-refractivity contribution in [2.75, 3.05) is 13.2 Å². The molecule has 1 aliphatic rings. The zero-order valence-electron chi connectivity index (χ0n) is 10.6. The predicted molar refractivity (Wildman–Crippen MR) is 69.0 cm³/mol. The third kappa shape index (κ3) is 3.70. The minimum absolute atomic E-state index is 0.153. The molecule has 0 saturated heterocycles. The van der Waals surface area contributed by atoms with Crippen molar-refractivity contribution in [1.29, 1.82) is 0 Å². The molecule has 100 valence electrons. The molecule has 1 N–H and O–H groups in total. The molecule has 0 heterocycles. The van der Waals surface area contributed by atoms with Gasteiger partial charge in [0.15, 0.2) is 0 Å². The monoisotopic (exact) mass is 252 g/mol. The Morgan fingerprint density at radius 2 is 2.06 bits per heavy atom. The van der Waals surface area contributed by atoms with Gasteiger partial charge in [-0.05, 0) is 30.9 Å². The molecule has 2 rings (SSSR count). The van der Waals surface area contributed by atoms with Crippen LogP contribution < -0.4 is 4.74 Å². The predicted octanol–water partition coefficient (Wildman–Crippen LogP) is 3.39. The van der Waals surface area contributed by atoms with Crippen LogP contribution in [0.1, 0.15) is 32.1 Å². The summed E-state index contributed by atoms with van der Waals surface area (Å²) in [6.45, 7) is 0.630. The molecule has 0 amide bonds. The van der Waals surface area contributed by atoms with Crippen LogP contribution in [0.15, 0.2) is 24.3 Å². The van der Waals surface area contributed by atoms with Crippen LogP contribution in [-0.4, -0.2) is 18.3 Å². The van der Waals surface area contributed by atoms with Crippen LogP contribution >= 0.6 is 0 Å². The number of aliphatic hydroxyl groups excluding tert-OH is 1. The number of aliphatic hydroxyl groups is 1. The van der Waals surface area contributed by atoms with Crippen LogP contribution in [0.2, 0.25) is 0 Å². The quantitative estimate of drug-likeness (QED) is 0.870. The lowest BCUT2D eigenvalue weighted by atomic mass is 9.81. The standard InChI is InChI=1S/C15H21FO2/c16-14-7-4-8-15(9-14)18-11-13(10-17)12-5-2-1-3-6-12/h4,7-9,12-13,17H,1-3,5-6,10-11H2. The van der Waals surface area contributed by atoms with Gasteiger partial charge in [-0.2, -0.15) is 0 Å². The molecular formula is C15H21FO2. The van der Waals surface area contributed by atoms with E-state index in [1.807, 2.05) is 0 Å². The topological polar surface area (TPSA) is 29.5 Å². The van der Waals surface area contributed by atoms with E-state index in [1.54, 1.807) is 12.1 Å². The SMILES string of the molecule is OCC(COc1cccc(F)c1)C1CCCCC1. The van der Waals surface area contributed by atoms with Gasteiger partial charge in [-0.25, -0.2) is 4.39 Å². The summed E-state index contributed by atoms with van der Waals surface area (Å²) in [4.78, 5) is 0. The van der Waals surface area contributed by atoms with E-state index in [-0.39, 0.29) is 18.3 Å². The number of rotatable bonds is 5. The molecule has 0 bridgehead atoms. The molecule has 0 spiro atoms. The van der Waals surface area contributed by atoms with E-state index in [9.17, 15) is 9.50 Å². The van der Waals surface area contributed by atoms with Gasteiger partial charge in [0.25, 0.3) is 0 Å². The third-order valence-electron chi connectivity index (χ3n) is 3.81. The van der Waals surface area contributed by atoms with Gasteiger partial charge in [-0.1, -0.05) is 25.3 Å². The van der Waals surface area contributed by atoms with Crippen molar-refractivity contribution < 1.29 is 14.2 Å².